The molecule has 1 aromatic heterocycles. The number of aromatic nitrogens is 1. The van der Waals surface area contributed by atoms with Gasteiger partial charge in [-0.05, 0) is 30.9 Å². The van der Waals surface area contributed by atoms with E-state index in [1.54, 1.807) is 12.1 Å². The lowest BCUT2D eigenvalue weighted by molar-refractivity contribution is 0.0696. The van der Waals surface area contributed by atoms with Crippen LogP contribution in [0.15, 0.2) is 18.3 Å². The Labute approximate surface area is 101 Å². The van der Waals surface area contributed by atoms with Crippen LogP contribution in [-0.4, -0.2) is 22.1 Å². The Hall–Kier alpha value is -1.42. The van der Waals surface area contributed by atoms with Crippen molar-refractivity contribution in [1.82, 2.24) is 10.3 Å². The van der Waals surface area contributed by atoms with Crippen LogP contribution < -0.4 is 5.32 Å². The normalized spacial score (nSPS) is 22.4. The lowest BCUT2D eigenvalue weighted by atomic mass is 10.2. The maximum Gasteiger partial charge on any atom is 0.337 e. The van der Waals surface area contributed by atoms with Crippen LogP contribution in [0.4, 0.5) is 0 Å². The van der Waals surface area contributed by atoms with Crippen molar-refractivity contribution in [2.45, 2.75) is 38.8 Å². The Balaban J connectivity index is 1.78. The molecule has 1 heterocycles. The van der Waals surface area contributed by atoms with Crippen LogP contribution in [0, 0.1) is 5.92 Å². The zero-order chi connectivity index (χ0) is 12.3. The Morgan fingerprint density at radius 2 is 2.41 bits per heavy atom. The highest BCUT2D eigenvalue weighted by Gasteiger charge is 2.35. The minimum absolute atomic E-state index is 0.240. The van der Waals surface area contributed by atoms with Gasteiger partial charge in [0.2, 0.25) is 0 Å². The number of carboxylic acids is 1. The van der Waals surface area contributed by atoms with Crippen molar-refractivity contribution in [2.24, 2.45) is 5.92 Å². The number of carbonyl (C=O) groups is 1. The first-order chi connectivity index (χ1) is 8.20. The van der Waals surface area contributed by atoms with Gasteiger partial charge in [0.25, 0.3) is 0 Å². The average Bonchev–Trinajstić information content (AvgIpc) is 3.06. The van der Waals surface area contributed by atoms with Crippen molar-refractivity contribution < 1.29 is 9.90 Å². The second-order valence-corrected chi connectivity index (χ2v) is 4.62. The van der Waals surface area contributed by atoms with Gasteiger partial charge in [-0.3, -0.25) is 4.98 Å². The summed E-state index contributed by atoms with van der Waals surface area (Å²) in [4.78, 5) is 14.8. The van der Waals surface area contributed by atoms with Crippen molar-refractivity contribution in [3.8, 4) is 0 Å². The molecular formula is C13H18N2O2. The average molecular weight is 234 g/mol. The Morgan fingerprint density at radius 3 is 3.00 bits per heavy atom. The van der Waals surface area contributed by atoms with Crippen LogP contribution in [0.5, 0.6) is 0 Å². The van der Waals surface area contributed by atoms with E-state index in [0.717, 1.165) is 18.2 Å². The zero-order valence-electron chi connectivity index (χ0n) is 10.0. The number of nitrogens with zero attached hydrogens (tertiary/aromatic N) is 1. The molecule has 1 aliphatic carbocycles. The van der Waals surface area contributed by atoms with E-state index in [1.807, 2.05) is 0 Å². The Bertz CT molecular complexity index is 389. The Kier molecular flexibility index (Phi) is 3.74. The minimum atomic E-state index is -0.929. The monoisotopic (exact) mass is 234 g/mol. The molecule has 1 aliphatic rings. The third kappa shape index (κ3) is 3.27. The molecule has 2 rings (SSSR count). The smallest absolute Gasteiger partial charge is 0.337 e. The molecule has 1 saturated carbocycles. The number of hydrogen-bond donors (Lipinski definition) is 2. The lowest BCUT2D eigenvalue weighted by Crippen LogP contribution is -2.18. The largest absolute Gasteiger partial charge is 0.478 e. The highest BCUT2D eigenvalue weighted by molar-refractivity contribution is 5.87. The van der Waals surface area contributed by atoms with Crippen LogP contribution in [0.3, 0.4) is 0 Å². The molecule has 17 heavy (non-hydrogen) atoms. The quantitative estimate of drug-likeness (QED) is 0.791. The third-order valence-electron chi connectivity index (χ3n) is 3.20. The third-order valence-corrected chi connectivity index (χ3v) is 3.20. The highest BCUT2D eigenvalue weighted by Crippen LogP contribution is 2.34. The van der Waals surface area contributed by atoms with E-state index in [2.05, 4.69) is 17.2 Å². The second kappa shape index (κ2) is 5.27. The second-order valence-electron chi connectivity index (χ2n) is 4.62. The number of pyridine rings is 1. The first-order valence-corrected chi connectivity index (χ1v) is 6.12. The fourth-order valence-electron chi connectivity index (χ4n) is 2.08. The molecule has 0 bridgehead atoms. The molecule has 4 heteroatoms. The lowest BCUT2D eigenvalue weighted by Gasteiger charge is -2.03. The number of aromatic carboxylic acids is 1. The summed E-state index contributed by atoms with van der Waals surface area (Å²) in [5, 5.41) is 12.2. The van der Waals surface area contributed by atoms with Gasteiger partial charge in [0.1, 0.15) is 0 Å². The van der Waals surface area contributed by atoms with E-state index in [-0.39, 0.29) is 5.56 Å². The number of nitrogens with one attached hydrogen (secondary N) is 1. The summed E-state index contributed by atoms with van der Waals surface area (Å²) < 4.78 is 0. The molecule has 0 aromatic carbocycles. The maximum atomic E-state index is 10.6. The van der Waals surface area contributed by atoms with Crippen LogP contribution >= 0.6 is 0 Å². The van der Waals surface area contributed by atoms with Gasteiger partial charge in [-0.15, -0.1) is 0 Å². The number of rotatable bonds is 6. The first-order valence-electron chi connectivity index (χ1n) is 6.12. The molecular weight excluding hydrogens is 216 g/mol. The summed E-state index contributed by atoms with van der Waals surface area (Å²) in [6, 6.07) is 4.01. The molecule has 2 N–H and O–H groups in total. The molecule has 4 nitrogen and oxygen atoms in total. The predicted molar refractivity (Wildman–Crippen MR) is 64.8 cm³/mol. The Morgan fingerprint density at radius 1 is 1.59 bits per heavy atom. The summed E-state index contributed by atoms with van der Waals surface area (Å²) in [5.74, 6) is -0.0968. The van der Waals surface area contributed by atoms with Crippen LogP contribution in [0.2, 0.25) is 0 Å². The molecule has 0 saturated heterocycles. The summed E-state index contributed by atoms with van der Waals surface area (Å²) in [6.45, 7) is 2.94. The van der Waals surface area contributed by atoms with Gasteiger partial charge in [-0.25, -0.2) is 4.79 Å². The van der Waals surface area contributed by atoms with Gasteiger partial charge >= 0.3 is 5.97 Å². The summed E-state index contributed by atoms with van der Waals surface area (Å²) in [7, 11) is 0. The van der Waals surface area contributed by atoms with Gasteiger partial charge in [0.05, 0.1) is 11.3 Å². The summed E-state index contributed by atoms with van der Waals surface area (Å²) in [5.41, 5.74) is 1.14. The minimum Gasteiger partial charge on any atom is -0.478 e. The van der Waals surface area contributed by atoms with E-state index in [0.29, 0.717) is 6.04 Å². The van der Waals surface area contributed by atoms with E-state index in [1.165, 1.54) is 25.5 Å². The van der Waals surface area contributed by atoms with Gasteiger partial charge < -0.3 is 10.4 Å². The van der Waals surface area contributed by atoms with Gasteiger partial charge in [0.15, 0.2) is 0 Å². The molecule has 0 aliphatic heterocycles. The molecule has 2 unspecified atom stereocenters. The van der Waals surface area contributed by atoms with E-state index in [4.69, 9.17) is 5.11 Å². The summed E-state index contributed by atoms with van der Waals surface area (Å²) >= 11 is 0. The van der Waals surface area contributed by atoms with E-state index >= 15 is 0 Å². The first kappa shape index (κ1) is 12.0. The number of carboxylic acid groups (broad SMARTS) is 1. The van der Waals surface area contributed by atoms with Crippen LogP contribution in [0.1, 0.15) is 42.2 Å². The predicted octanol–water partition coefficient (Wildman–Crippen LogP) is 2.06. The molecule has 1 aromatic rings. The summed E-state index contributed by atoms with van der Waals surface area (Å²) in [6.07, 6.45) is 5.22. The van der Waals surface area contributed by atoms with Gasteiger partial charge in [-0.2, -0.15) is 0 Å². The zero-order valence-corrected chi connectivity index (χ0v) is 10.0. The van der Waals surface area contributed by atoms with Crippen molar-refractivity contribution in [2.75, 3.05) is 0 Å². The fourth-order valence-corrected chi connectivity index (χ4v) is 2.08. The standard InChI is InChI=1S/C13H18N2O2/c1-2-3-9-6-12(9)15-8-11-5-4-10(7-14-11)13(16)17/h4-5,7,9,12,15H,2-3,6,8H2,1H3,(H,16,17). The van der Waals surface area contributed by atoms with Crippen molar-refractivity contribution >= 4 is 5.97 Å². The van der Waals surface area contributed by atoms with Crippen LogP contribution in [0.25, 0.3) is 0 Å². The molecule has 1 fully saturated rings. The van der Waals surface area contributed by atoms with Gasteiger partial charge in [0, 0.05) is 18.8 Å². The van der Waals surface area contributed by atoms with Crippen LogP contribution in [-0.2, 0) is 6.54 Å². The molecule has 2 atom stereocenters. The number of hydrogen-bond acceptors (Lipinski definition) is 3. The van der Waals surface area contributed by atoms with Crippen molar-refractivity contribution in [3.05, 3.63) is 29.6 Å². The fraction of sp³-hybridized carbons (Fsp3) is 0.538. The molecule has 0 amide bonds. The molecule has 92 valence electrons. The molecule has 0 radical (unpaired) electrons. The topological polar surface area (TPSA) is 62.2 Å². The van der Waals surface area contributed by atoms with E-state index < -0.39 is 5.97 Å². The molecule has 0 spiro atoms. The van der Waals surface area contributed by atoms with Crippen molar-refractivity contribution in [3.63, 3.8) is 0 Å². The van der Waals surface area contributed by atoms with Gasteiger partial charge in [-0.1, -0.05) is 13.3 Å². The van der Waals surface area contributed by atoms with Crippen molar-refractivity contribution in [1.29, 1.82) is 0 Å². The SMILES string of the molecule is CCCC1CC1NCc1ccc(C(=O)O)cn1. The maximum absolute atomic E-state index is 10.6. The van der Waals surface area contributed by atoms with E-state index in [9.17, 15) is 4.79 Å². The highest BCUT2D eigenvalue weighted by atomic mass is 16.4.